The molecule has 122 valence electrons. The molecule has 2 aromatic rings. The number of carbonyl (C=O) groups is 1. The minimum Gasteiger partial charge on any atom is -0.353 e. The zero-order valence-corrected chi connectivity index (χ0v) is 14.3. The number of fused-ring (bicyclic) bond motifs is 1. The van der Waals surface area contributed by atoms with E-state index in [-0.39, 0.29) is 11.3 Å². The largest absolute Gasteiger partial charge is 0.353 e. The highest BCUT2D eigenvalue weighted by molar-refractivity contribution is 8.23. The second kappa shape index (κ2) is 7.11. The number of benzene rings is 2. The molecule has 3 rings (SSSR count). The van der Waals surface area contributed by atoms with Crippen LogP contribution in [0.25, 0.3) is 0 Å². The highest BCUT2D eigenvalue weighted by Gasteiger charge is 2.20. The molecule has 0 saturated heterocycles. The van der Waals surface area contributed by atoms with Crippen LogP contribution >= 0.6 is 24.0 Å². The standard InChI is InChI=1S/C17H14N2O3S2/c20-11-14-9-15(19(21)22)5-6-16(14)24-17(23)18-8-7-12-3-1-2-4-13(12)10-18/h1-6,9,11H,7-8,10H2. The lowest BCUT2D eigenvalue weighted by Gasteiger charge is -2.30. The predicted molar refractivity (Wildman–Crippen MR) is 97.5 cm³/mol. The molecule has 0 atom stereocenters. The minimum atomic E-state index is -0.513. The lowest BCUT2D eigenvalue weighted by atomic mass is 10.0. The smallest absolute Gasteiger partial charge is 0.270 e. The Hall–Kier alpha value is -2.25. The van der Waals surface area contributed by atoms with Crippen LogP contribution in [0.5, 0.6) is 0 Å². The summed E-state index contributed by atoms with van der Waals surface area (Å²) in [4.78, 5) is 24.3. The maximum atomic E-state index is 11.2. The maximum absolute atomic E-state index is 11.2. The third-order valence-corrected chi connectivity index (χ3v) is 5.45. The SMILES string of the molecule is O=Cc1cc([N+](=O)[O-])ccc1SC(=S)N1CCc2ccccc2C1. The van der Waals surface area contributed by atoms with Crippen molar-refractivity contribution >= 4 is 40.3 Å². The Bertz CT molecular complexity index is 823. The molecule has 7 heteroatoms. The van der Waals surface area contributed by atoms with Gasteiger partial charge in [0.25, 0.3) is 5.69 Å². The first-order valence-corrected chi connectivity index (χ1v) is 8.58. The molecular weight excluding hydrogens is 344 g/mol. The second-order valence-corrected chi connectivity index (χ2v) is 7.08. The van der Waals surface area contributed by atoms with E-state index in [1.165, 1.54) is 35.0 Å². The summed E-state index contributed by atoms with van der Waals surface area (Å²) < 4.78 is 0.668. The molecule has 0 aliphatic carbocycles. The Labute approximate surface area is 148 Å². The first kappa shape index (κ1) is 16.6. The molecule has 0 spiro atoms. The number of hydrogen-bond acceptors (Lipinski definition) is 5. The van der Waals surface area contributed by atoms with Gasteiger partial charge in [-0.1, -0.05) is 48.2 Å². The number of carbonyl (C=O) groups excluding carboxylic acids is 1. The van der Waals surface area contributed by atoms with Gasteiger partial charge in [0.05, 0.1) is 4.92 Å². The van der Waals surface area contributed by atoms with Crippen molar-refractivity contribution in [2.24, 2.45) is 0 Å². The van der Waals surface area contributed by atoms with Crippen molar-refractivity contribution in [3.8, 4) is 0 Å². The number of rotatable bonds is 3. The van der Waals surface area contributed by atoms with Crippen LogP contribution in [0.4, 0.5) is 5.69 Å². The number of hydrogen-bond donors (Lipinski definition) is 0. The van der Waals surface area contributed by atoms with E-state index in [0.717, 1.165) is 19.5 Å². The average Bonchev–Trinajstić information content (AvgIpc) is 2.61. The van der Waals surface area contributed by atoms with Crippen molar-refractivity contribution in [1.82, 2.24) is 4.90 Å². The minimum absolute atomic E-state index is 0.0979. The Morgan fingerprint density at radius 3 is 2.71 bits per heavy atom. The van der Waals surface area contributed by atoms with Gasteiger partial charge in [0, 0.05) is 35.7 Å². The highest BCUT2D eigenvalue weighted by atomic mass is 32.2. The molecule has 0 saturated carbocycles. The molecule has 1 aliphatic rings. The Balaban J connectivity index is 1.76. The van der Waals surface area contributed by atoms with E-state index in [1.54, 1.807) is 6.07 Å². The van der Waals surface area contributed by atoms with Crippen LogP contribution in [0.3, 0.4) is 0 Å². The highest BCUT2D eigenvalue weighted by Crippen LogP contribution is 2.30. The molecule has 0 radical (unpaired) electrons. The van der Waals surface area contributed by atoms with E-state index in [0.29, 0.717) is 15.5 Å². The van der Waals surface area contributed by atoms with Crippen molar-refractivity contribution < 1.29 is 9.72 Å². The van der Waals surface area contributed by atoms with Gasteiger partial charge in [0.2, 0.25) is 0 Å². The lowest BCUT2D eigenvalue weighted by Crippen LogP contribution is -2.33. The molecule has 0 N–H and O–H groups in total. The summed E-state index contributed by atoms with van der Waals surface area (Å²) in [6.07, 6.45) is 1.56. The third-order valence-electron chi connectivity index (χ3n) is 3.92. The maximum Gasteiger partial charge on any atom is 0.270 e. The van der Waals surface area contributed by atoms with Crippen molar-refractivity contribution in [3.63, 3.8) is 0 Å². The molecule has 0 fully saturated rings. The van der Waals surface area contributed by atoms with Gasteiger partial charge in [0.1, 0.15) is 4.32 Å². The molecular formula is C17H14N2O3S2. The monoisotopic (exact) mass is 358 g/mol. The summed E-state index contributed by atoms with van der Waals surface area (Å²) in [7, 11) is 0. The lowest BCUT2D eigenvalue weighted by molar-refractivity contribution is -0.384. The number of thiocarbonyl (C=S) groups is 1. The zero-order valence-electron chi connectivity index (χ0n) is 12.7. The van der Waals surface area contributed by atoms with Gasteiger partial charge in [-0.2, -0.15) is 0 Å². The van der Waals surface area contributed by atoms with Gasteiger partial charge in [-0.15, -0.1) is 0 Å². The Morgan fingerprint density at radius 2 is 2.00 bits per heavy atom. The van der Waals surface area contributed by atoms with E-state index in [9.17, 15) is 14.9 Å². The van der Waals surface area contributed by atoms with Crippen LogP contribution in [-0.4, -0.2) is 27.0 Å². The second-order valence-electron chi connectivity index (χ2n) is 5.41. The molecule has 0 bridgehead atoms. The summed E-state index contributed by atoms with van der Waals surface area (Å²) in [5.74, 6) is 0. The molecule has 0 unspecified atom stereocenters. The van der Waals surface area contributed by atoms with E-state index < -0.39 is 4.92 Å². The molecule has 1 aliphatic heterocycles. The number of non-ortho nitro benzene ring substituents is 1. The fourth-order valence-electron chi connectivity index (χ4n) is 2.64. The Kier molecular flexibility index (Phi) is 4.92. The van der Waals surface area contributed by atoms with Crippen LogP contribution in [0.1, 0.15) is 21.5 Å². The van der Waals surface area contributed by atoms with E-state index in [2.05, 4.69) is 17.0 Å². The van der Waals surface area contributed by atoms with Crippen LogP contribution in [0.15, 0.2) is 47.4 Å². The number of nitrogens with zero attached hydrogens (tertiary/aromatic N) is 2. The molecule has 2 aromatic carbocycles. The number of nitro groups is 1. The van der Waals surface area contributed by atoms with Crippen molar-refractivity contribution in [2.45, 2.75) is 17.9 Å². The van der Waals surface area contributed by atoms with Crippen LogP contribution < -0.4 is 0 Å². The van der Waals surface area contributed by atoms with Crippen LogP contribution in [-0.2, 0) is 13.0 Å². The number of thioether (sulfide) groups is 1. The molecule has 5 nitrogen and oxygen atoms in total. The fraction of sp³-hybridized carbons (Fsp3) is 0.176. The summed E-state index contributed by atoms with van der Waals surface area (Å²) in [6, 6.07) is 12.5. The number of aldehydes is 1. The van der Waals surface area contributed by atoms with E-state index >= 15 is 0 Å². The zero-order chi connectivity index (χ0) is 17.1. The molecule has 1 heterocycles. The summed E-state index contributed by atoms with van der Waals surface area (Å²) >= 11 is 6.82. The fourth-order valence-corrected chi connectivity index (χ4v) is 3.90. The van der Waals surface area contributed by atoms with Gasteiger partial charge in [0.15, 0.2) is 6.29 Å². The van der Waals surface area contributed by atoms with E-state index in [1.807, 2.05) is 12.1 Å². The van der Waals surface area contributed by atoms with Crippen molar-refractivity contribution in [2.75, 3.05) is 6.54 Å². The summed E-state index contributed by atoms with van der Waals surface area (Å²) in [5, 5.41) is 10.8. The summed E-state index contributed by atoms with van der Waals surface area (Å²) in [5.41, 5.74) is 2.78. The van der Waals surface area contributed by atoms with E-state index in [4.69, 9.17) is 12.2 Å². The quantitative estimate of drug-likeness (QED) is 0.273. The molecule has 0 amide bonds. The third kappa shape index (κ3) is 3.47. The topological polar surface area (TPSA) is 63.4 Å². The van der Waals surface area contributed by atoms with Gasteiger partial charge in [-0.3, -0.25) is 14.9 Å². The summed E-state index contributed by atoms with van der Waals surface area (Å²) in [6.45, 7) is 1.57. The van der Waals surface area contributed by atoms with Crippen LogP contribution in [0.2, 0.25) is 0 Å². The number of nitro benzene ring substituents is 1. The van der Waals surface area contributed by atoms with Gasteiger partial charge in [-0.25, -0.2) is 0 Å². The van der Waals surface area contributed by atoms with Gasteiger partial charge >= 0.3 is 0 Å². The first-order valence-electron chi connectivity index (χ1n) is 7.35. The average molecular weight is 358 g/mol. The van der Waals surface area contributed by atoms with Gasteiger partial charge < -0.3 is 4.90 Å². The predicted octanol–water partition coefficient (Wildman–Crippen LogP) is 3.84. The molecule has 0 aromatic heterocycles. The van der Waals surface area contributed by atoms with Crippen molar-refractivity contribution in [1.29, 1.82) is 0 Å². The normalized spacial score (nSPS) is 13.2. The first-order chi connectivity index (χ1) is 11.6. The van der Waals surface area contributed by atoms with Gasteiger partial charge in [-0.05, 0) is 23.6 Å². The van der Waals surface area contributed by atoms with Crippen LogP contribution in [0, 0.1) is 10.1 Å². The molecule has 24 heavy (non-hydrogen) atoms. The van der Waals surface area contributed by atoms with Crippen molar-refractivity contribution in [3.05, 3.63) is 69.3 Å². The Morgan fingerprint density at radius 1 is 1.25 bits per heavy atom.